The Morgan fingerprint density at radius 3 is 2.12 bits per heavy atom. The fraction of sp³-hybridized carbons (Fsp3) is 0.231. The van der Waals surface area contributed by atoms with Crippen LogP contribution in [0.15, 0.2) is 72.8 Å². The molecular formula is C26H26N2O4S. The lowest BCUT2D eigenvalue weighted by atomic mass is 9.98. The summed E-state index contributed by atoms with van der Waals surface area (Å²) in [4.78, 5) is 12.5. The van der Waals surface area contributed by atoms with Crippen molar-refractivity contribution in [3.8, 4) is 11.1 Å². The van der Waals surface area contributed by atoms with Crippen molar-refractivity contribution in [1.29, 1.82) is 0 Å². The van der Waals surface area contributed by atoms with Gasteiger partial charge in [-0.1, -0.05) is 85.0 Å². The summed E-state index contributed by atoms with van der Waals surface area (Å²) in [5.74, 6) is -0.0139. The van der Waals surface area contributed by atoms with E-state index in [1.807, 2.05) is 24.3 Å². The van der Waals surface area contributed by atoms with Gasteiger partial charge in [0.05, 0.1) is 6.10 Å². The van der Waals surface area contributed by atoms with E-state index in [2.05, 4.69) is 29.6 Å². The van der Waals surface area contributed by atoms with Gasteiger partial charge >= 0.3 is 6.09 Å². The Morgan fingerprint density at radius 2 is 1.55 bits per heavy atom. The number of rotatable bonds is 8. The Balaban J connectivity index is 1.27. The molecule has 4 rings (SSSR count). The number of thiocarbonyl (C=S) groups is 1. The number of nitrogens with one attached hydrogen (secondary N) is 1. The first kappa shape index (κ1) is 22.9. The van der Waals surface area contributed by atoms with E-state index in [0.29, 0.717) is 11.1 Å². The zero-order valence-electron chi connectivity index (χ0n) is 18.0. The van der Waals surface area contributed by atoms with Crippen LogP contribution in [0, 0.1) is 0 Å². The first-order chi connectivity index (χ1) is 16.0. The minimum atomic E-state index is -1.09. The number of ether oxygens (including phenoxy) is 1. The molecule has 1 amide bonds. The smallest absolute Gasteiger partial charge is 0.407 e. The van der Waals surface area contributed by atoms with Gasteiger partial charge in [-0.25, -0.2) is 4.79 Å². The maximum atomic E-state index is 12.2. The minimum absolute atomic E-state index is 0.0139. The number of nitrogens with two attached hydrogens (primary N) is 1. The molecule has 170 valence electrons. The molecule has 5 N–H and O–H groups in total. The standard InChI is InChI=1S/C26H26N2O4S/c27-25(33)17-11-9-16(10-12-17)24(30)23(29)13-14-28-26(31)32-15-22-20-7-3-1-5-18(20)19-6-2-4-8-21(19)22/h1-12,22-24,29-30H,13-15H2,(H2,27,33)(H,28,31). The minimum Gasteiger partial charge on any atom is -0.449 e. The monoisotopic (exact) mass is 462 g/mol. The van der Waals surface area contributed by atoms with Crippen LogP contribution < -0.4 is 11.1 Å². The topological polar surface area (TPSA) is 105 Å². The van der Waals surface area contributed by atoms with E-state index in [1.54, 1.807) is 24.3 Å². The van der Waals surface area contributed by atoms with Gasteiger partial charge in [-0.2, -0.15) is 0 Å². The number of hydrogen-bond acceptors (Lipinski definition) is 5. The second kappa shape index (κ2) is 10.1. The summed E-state index contributed by atoms with van der Waals surface area (Å²) in [6, 6.07) is 23.0. The summed E-state index contributed by atoms with van der Waals surface area (Å²) in [7, 11) is 0. The second-order valence-electron chi connectivity index (χ2n) is 8.04. The largest absolute Gasteiger partial charge is 0.449 e. The molecule has 0 bridgehead atoms. The molecule has 6 nitrogen and oxygen atoms in total. The fourth-order valence-electron chi connectivity index (χ4n) is 4.20. The van der Waals surface area contributed by atoms with E-state index in [-0.39, 0.29) is 30.5 Å². The predicted octanol–water partition coefficient (Wildman–Crippen LogP) is 3.64. The molecule has 0 saturated carbocycles. The van der Waals surface area contributed by atoms with Gasteiger partial charge in [-0.3, -0.25) is 0 Å². The predicted molar refractivity (Wildman–Crippen MR) is 131 cm³/mol. The molecule has 3 aromatic carbocycles. The highest BCUT2D eigenvalue weighted by atomic mass is 32.1. The molecule has 0 aromatic heterocycles. The average molecular weight is 463 g/mol. The zero-order valence-corrected chi connectivity index (χ0v) is 18.8. The SMILES string of the molecule is NC(=S)c1ccc(C(O)C(O)CCNC(=O)OCC2c3ccccc3-c3ccccc32)cc1. The molecule has 0 radical (unpaired) electrons. The van der Waals surface area contributed by atoms with Gasteiger partial charge in [0.2, 0.25) is 0 Å². The Bertz CT molecular complexity index is 1100. The summed E-state index contributed by atoms with van der Waals surface area (Å²) in [6.45, 7) is 0.389. The van der Waals surface area contributed by atoms with Gasteiger partial charge in [-0.05, 0) is 34.2 Å². The lowest BCUT2D eigenvalue weighted by Crippen LogP contribution is -2.30. The van der Waals surface area contributed by atoms with E-state index in [4.69, 9.17) is 22.7 Å². The Hall–Kier alpha value is -3.26. The van der Waals surface area contributed by atoms with Crippen LogP contribution >= 0.6 is 12.2 Å². The van der Waals surface area contributed by atoms with E-state index in [9.17, 15) is 15.0 Å². The molecule has 0 saturated heterocycles. The summed E-state index contributed by atoms with van der Waals surface area (Å²) in [5.41, 5.74) is 11.4. The van der Waals surface area contributed by atoms with Gasteiger partial charge < -0.3 is 26.0 Å². The van der Waals surface area contributed by atoms with Gasteiger partial charge in [0.25, 0.3) is 0 Å². The van der Waals surface area contributed by atoms with E-state index >= 15 is 0 Å². The van der Waals surface area contributed by atoms with Gasteiger partial charge in [0, 0.05) is 18.0 Å². The maximum Gasteiger partial charge on any atom is 0.407 e. The average Bonchev–Trinajstić information content (AvgIpc) is 3.16. The van der Waals surface area contributed by atoms with Crippen molar-refractivity contribution < 1.29 is 19.7 Å². The molecule has 2 atom stereocenters. The van der Waals surface area contributed by atoms with Crippen molar-refractivity contribution in [3.05, 3.63) is 95.1 Å². The van der Waals surface area contributed by atoms with Crippen molar-refractivity contribution in [2.24, 2.45) is 5.73 Å². The number of amides is 1. The zero-order chi connectivity index (χ0) is 23.4. The Morgan fingerprint density at radius 1 is 0.970 bits per heavy atom. The number of carbonyl (C=O) groups excluding carboxylic acids is 1. The molecular weight excluding hydrogens is 436 g/mol. The van der Waals surface area contributed by atoms with Crippen LogP contribution in [0.25, 0.3) is 11.1 Å². The molecule has 1 aliphatic carbocycles. The van der Waals surface area contributed by atoms with Crippen molar-refractivity contribution in [3.63, 3.8) is 0 Å². The molecule has 0 aliphatic heterocycles. The Labute approximate surface area is 198 Å². The highest BCUT2D eigenvalue weighted by molar-refractivity contribution is 7.80. The van der Waals surface area contributed by atoms with Crippen LogP contribution in [-0.4, -0.2) is 40.6 Å². The lowest BCUT2D eigenvalue weighted by Gasteiger charge is -2.19. The molecule has 1 aliphatic rings. The summed E-state index contributed by atoms with van der Waals surface area (Å²) < 4.78 is 5.48. The Kier molecular flexibility index (Phi) is 7.03. The highest BCUT2D eigenvalue weighted by Gasteiger charge is 2.29. The van der Waals surface area contributed by atoms with E-state index in [0.717, 1.165) is 11.1 Å². The van der Waals surface area contributed by atoms with Crippen LogP contribution in [-0.2, 0) is 4.74 Å². The number of alkyl carbamates (subject to hydrolysis) is 1. The highest BCUT2D eigenvalue weighted by Crippen LogP contribution is 2.44. The van der Waals surface area contributed by atoms with Crippen molar-refractivity contribution in [2.45, 2.75) is 24.5 Å². The number of carbonyl (C=O) groups is 1. The molecule has 3 aromatic rings. The van der Waals surface area contributed by atoms with Crippen molar-refractivity contribution in [1.82, 2.24) is 5.32 Å². The lowest BCUT2D eigenvalue weighted by molar-refractivity contribution is 0.0136. The van der Waals surface area contributed by atoms with E-state index < -0.39 is 18.3 Å². The fourth-order valence-corrected chi connectivity index (χ4v) is 4.33. The number of fused-ring (bicyclic) bond motifs is 3. The third-order valence-electron chi connectivity index (χ3n) is 5.95. The summed E-state index contributed by atoms with van der Waals surface area (Å²) >= 11 is 4.91. The normalized spacial score (nSPS) is 14.1. The quantitative estimate of drug-likeness (QED) is 0.381. The van der Waals surface area contributed by atoms with Crippen molar-refractivity contribution in [2.75, 3.05) is 13.2 Å². The number of benzene rings is 3. The summed E-state index contributed by atoms with van der Waals surface area (Å²) in [6.07, 6.45) is -2.52. The van der Waals surface area contributed by atoms with E-state index in [1.165, 1.54) is 11.1 Å². The van der Waals surface area contributed by atoms with Gasteiger partial charge in [-0.15, -0.1) is 0 Å². The maximum absolute atomic E-state index is 12.2. The molecule has 7 heteroatoms. The van der Waals surface area contributed by atoms with Crippen LogP contribution in [0.1, 0.15) is 40.7 Å². The first-order valence-corrected chi connectivity index (χ1v) is 11.2. The third-order valence-corrected chi connectivity index (χ3v) is 6.19. The molecule has 0 fully saturated rings. The van der Waals surface area contributed by atoms with Gasteiger partial charge in [0.15, 0.2) is 0 Å². The molecule has 2 unspecified atom stereocenters. The molecule has 0 heterocycles. The number of aliphatic hydroxyl groups excluding tert-OH is 2. The number of hydrogen-bond donors (Lipinski definition) is 4. The van der Waals surface area contributed by atoms with Crippen LogP contribution in [0.4, 0.5) is 4.79 Å². The first-order valence-electron chi connectivity index (χ1n) is 10.8. The van der Waals surface area contributed by atoms with Gasteiger partial charge in [0.1, 0.15) is 17.7 Å². The third kappa shape index (κ3) is 5.06. The molecule has 0 spiro atoms. The summed E-state index contributed by atoms with van der Waals surface area (Å²) in [5, 5.41) is 23.3. The number of aliphatic hydroxyl groups is 2. The van der Waals surface area contributed by atoms with Crippen molar-refractivity contribution >= 4 is 23.3 Å². The van der Waals surface area contributed by atoms with Crippen LogP contribution in [0.3, 0.4) is 0 Å². The second-order valence-corrected chi connectivity index (χ2v) is 8.48. The molecule has 33 heavy (non-hydrogen) atoms. The van der Waals surface area contributed by atoms with Crippen LogP contribution in [0.2, 0.25) is 0 Å². The van der Waals surface area contributed by atoms with Crippen LogP contribution in [0.5, 0.6) is 0 Å².